The SMILES string of the molecule is COc1ccc(C(N)=O)c(OCc2ccccc2C(F)(F)F)c1. The number of methoxy groups -OCH3 is 1. The third-order valence-corrected chi connectivity index (χ3v) is 3.16. The van der Waals surface area contributed by atoms with Crippen LogP contribution in [-0.2, 0) is 12.8 Å². The highest BCUT2D eigenvalue weighted by Crippen LogP contribution is 2.33. The first-order valence-electron chi connectivity index (χ1n) is 6.58. The topological polar surface area (TPSA) is 61.5 Å². The van der Waals surface area contributed by atoms with E-state index < -0.39 is 17.6 Å². The molecule has 0 unspecified atom stereocenters. The average Bonchev–Trinajstić information content (AvgIpc) is 2.51. The number of rotatable bonds is 5. The van der Waals surface area contributed by atoms with Crippen LogP contribution in [0.25, 0.3) is 0 Å². The summed E-state index contributed by atoms with van der Waals surface area (Å²) in [5, 5.41) is 0. The lowest BCUT2D eigenvalue weighted by Crippen LogP contribution is -2.14. The molecule has 0 aliphatic rings. The van der Waals surface area contributed by atoms with Crippen molar-refractivity contribution in [2.45, 2.75) is 12.8 Å². The molecule has 0 heterocycles. The summed E-state index contributed by atoms with van der Waals surface area (Å²) in [4.78, 5) is 11.4. The molecule has 2 N–H and O–H groups in total. The number of benzene rings is 2. The molecule has 0 atom stereocenters. The summed E-state index contributed by atoms with van der Waals surface area (Å²) in [6.07, 6.45) is -4.49. The van der Waals surface area contributed by atoms with Gasteiger partial charge in [-0.15, -0.1) is 0 Å². The van der Waals surface area contributed by atoms with Gasteiger partial charge in [0.1, 0.15) is 18.1 Å². The number of ether oxygens (including phenoxy) is 2. The lowest BCUT2D eigenvalue weighted by molar-refractivity contribution is -0.138. The number of halogens is 3. The molecule has 2 rings (SSSR count). The first kappa shape index (κ1) is 16.7. The van der Waals surface area contributed by atoms with Crippen LogP contribution in [-0.4, -0.2) is 13.0 Å². The maximum atomic E-state index is 13.0. The Hall–Kier alpha value is -2.70. The molecule has 0 fully saturated rings. The first-order chi connectivity index (χ1) is 10.8. The fourth-order valence-electron chi connectivity index (χ4n) is 2.03. The Morgan fingerprint density at radius 1 is 1.17 bits per heavy atom. The summed E-state index contributed by atoms with van der Waals surface area (Å²) in [5.41, 5.74) is 4.47. The molecule has 0 aliphatic heterocycles. The smallest absolute Gasteiger partial charge is 0.416 e. The zero-order valence-corrected chi connectivity index (χ0v) is 12.2. The van der Waals surface area contributed by atoms with Crippen LogP contribution < -0.4 is 15.2 Å². The van der Waals surface area contributed by atoms with E-state index in [4.69, 9.17) is 15.2 Å². The first-order valence-corrected chi connectivity index (χ1v) is 6.58. The lowest BCUT2D eigenvalue weighted by Gasteiger charge is -2.15. The van der Waals surface area contributed by atoms with Gasteiger partial charge in [-0.1, -0.05) is 18.2 Å². The summed E-state index contributed by atoms with van der Waals surface area (Å²) < 4.78 is 49.2. The molecule has 0 saturated heterocycles. The quantitative estimate of drug-likeness (QED) is 0.916. The highest BCUT2D eigenvalue weighted by Gasteiger charge is 2.33. The van der Waals surface area contributed by atoms with Gasteiger partial charge in [0.25, 0.3) is 5.91 Å². The van der Waals surface area contributed by atoms with Crippen LogP contribution in [0, 0.1) is 0 Å². The summed E-state index contributed by atoms with van der Waals surface area (Å²) in [7, 11) is 1.42. The van der Waals surface area contributed by atoms with Crippen LogP contribution in [0.2, 0.25) is 0 Å². The normalized spacial score (nSPS) is 11.1. The van der Waals surface area contributed by atoms with E-state index in [2.05, 4.69) is 0 Å². The molecule has 2 aromatic rings. The molecule has 0 bridgehead atoms. The minimum absolute atomic E-state index is 0.0433. The largest absolute Gasteiger partial charge is 0.497 e. The molecule has 2 aromatic carbocycles. The van der Waals surface area contributed by atoms with E-state index in [1.54, 1.807) is 0 Å². The van der Waals surface area contributed by atoms with Crippen molar-refractivity contribution in [3.8, 4) is 11.5 Å². The van der Waals surface area contributed by atoms with E-state index in [-0.39, 0.29) is 23.5 Å². The van der Waals surface area contributed by atoms with Gasteiger partial charge in [0.15, 0.2) is 0 Å². The lowest BCUT2D eigenvalue weighted by atomic mass is 10.1. The molecule has 1 amide bonds. The van der Waals surface area contributed by atoms with Crippen molar-refractivity contribution in [2.24, 2.45) is 5.73 Å². The second kappa shape index (κ2) is 6.60. The van der Waals surface area contributed by atoms with Crippen LogP contribution in [0.4, 0.5) is 13.2 Å². The molecule has 23 heavy (non-hydrogen) atoms. The van der Waals surface area contributed by atoms with E-state index in [1.165, 1.54) is 43.5 Å². The van der Waals surface area contributed by atoms with Gasteiger partial charge >= 0.3 is 6.18 Å². The molecular formula is C16H14F3NO3. The zero-order valence-electron chi connectivity index (χ0n) is 12.2. The van der Waals surface area contributed by atoms with Crippen molar-refractivity contribution in [3.63, 3.8) is 0 Å². The van der Waals surface area contributed by atoms with Crippen molar-refractivity contribution in [1.29, 1.82) is 0 Å². The number of hydrogen-bond donors (Lipinski definition) is 1. The molecule has 122 valence electrons. The Morgan fingerprint density at radius 2 is 1.87 bits per heavy atom. The number of primary amides is 1. The van der Waals surface area contributed by atoms with Gasteiger partial charge in [0.05, 0.1) is 18.2 Å². The number of carbonyl (C=O) groups excluding carboxylic acids is 1. The van der Waals surface area contributed by atoms with Gasteiger partial charge in [0, 0.05) is 11.6 Å². The summed E-state index contributed by atoms with van der Waals surface area (Å²) in [6.45, 7) is -0.358. The zero-order chi connectivity index (χ0) is 17.0. The number of amides is 1. The van der Waals surface area contributed by atoms with Crippen molar-refractivity contribution < 1.29 is 27.4 Å². The maximum Gasteiger partial charge on any atom is 0.416 e. The average molecular weight is 325 g/mol. The van der Waals surface area contributed by atoms with Crippen molar-refractivity contribution in [3.05, 3.63) is 59.2 Å². The maximum absolute atomic E-state index is 13.0. The third-order valence-electron chi connectivity index (χ3n) is 3.16. The van der Waals surface area contributed by atoms with E-state index in [0.29, 0.717) is 5.75 Å². The highest BCUT2D eigenvalue weighted by molar-refractivity contribution is 5.95. The monoisotopic (exact) mass is 325 g/mol. The third kappa shape index (κ3) is 3.94. The van der Waals surface area contributed by atoms with Crippen LogP contribution in [0.1, 0.15) is 21.5 Å². The van der Waals surface area contributed by atoms with E-state index in [1.807, 2.05) is 0 Å². The predicted octanol–water partition coefficient (Wildman–Crippen LogP) is 3.39. The standard InChI is InChI=1S/C16H14F3NO3/c1-22-11-6-7-12(15(20)21)14(8-11)23-9-10-4-2-3-5-13(10)16(17,18)19/h2-8H,9H2,1H3,(H2,20,21). The molecule has 0 spiro atoms. The van der Waals surface area contributed by atoms with E-state index >= 15 is 0 Å². The second-order valence-electron chi connectivity index (χ2n) is 4.67. The number of carbonyl (C=O) groups is 1. The molecule has 0 radical (unpaired) electrons. The molecular weight excluding hydrogens is 311 g/mol. The van der Waals surface area contributed by atoms with Gasteiger partial charge in [-0.2, -0.15) is 13.2 Å². The molecule has 0 saturated carbocycles. The Bertz CT molecular complexity index is 714. The summed E-state index contributed by atoms with van der Waals surface area (Å²) >= 11 is 0. The van der Waals surface area contributed by atoms with Crippen molar-refractivity contribution in [1.82, 2.24) is 0 Å². The van der Waals surface area contributed by atoms with Crippen LogP contribution >= 0.6 is 0 Å². The second-order valence-corrected chi connectivity index (χ2v) is 4.67. The number of alkyl halides is 3. The van der Waals surface area contributed by atoms with Crippen LogP contribution in [0.3, 0.4) is 0 Å². The Balaban J connectivity index is 2.30. The molecule has 4 nitrogen and oxygen atoms in total. The minimum Gasteiger partial charge on any atom is -0.497 e. The van der Waals surface area contributed by atoms with Gasteiger partial charge in [-0.3, -0.25) is 4.79 Å². The van der Waals surface area contributed by atoms with Gasteiger partial charge < -0.3 is 15.2 Å². The van der Waals surface area contributed by atoms with Gasteiger partial charge in [-0.25, -0.2) is 0 Å². The number of nitrogens with two attached hydrogens (primary N) is 1. The molecule has 7 heteroatoms. The Labute approximate surface area is 130 Å². The molecule has 0 aromatic heterocycles. The fourth-order valence-corrected chi connectivity index (χ4v) is 2.03. The van der Waals surface area contributed by atoms with Crippen LogP contribution in [0.5, 0.6) is 11.5 Å². The highest BCUT2D eigenvalue weighted by atomic mass is 19.4. The molecule has 0 aliphatic carbocycles. The fraction of sp³-hybridized carbons (Fsp3) is 0.188. The minimum atomic E-state index is -4.49. The summed E-state index contributed by atoms with van der Waals surface area (Å²) in [5.74, 6) is -0.283. The number of hydrogen-bond acceptors (Lipinski definition) is 3. The van der Waals surface area contributed by atoms with Gasteiger partial charge in [0.2, 0.25) is 0 Å². The Morgan fingerprint density at radius 3 is 2.48 bits per heavy atom. The van der Waals surface area contributed by atoms with Crippen molar-refractivity contribution in [2.75, 3.05) is 7.11 Å². The van der Waals surface area contributed by atoms with E-state index in [0.717, 1.165) is 6.07 Å². The Kier molecular flexibility index (Phi) is 4.78. The predicted molar refractivity (Wildman–Crippen MR) is 77.3 cm³/mol. The van der Waals surface area contributed by atoms with E-state index in [9.17, 15) is 18.0 Å². The van der Waals surface area contributed by atoms with Crippen LogP contribution in [0.15, 0.2) is 42.5 Å². The summed E-state index contributed by atoms with van der Waals surface area (Å²) in [6, 6.07) is 9.37. The van der Waals surface area contributed by atoms with Gasteiger partial charge in [-0.05, 0) is 18.2 Å². The van der Waals surface area contributed by atoms with Crippen molar-refractivity contribution >= 4 is 5.91 Å².